The van der Waals surface area contributed by atoms with Gasteiger partial charge in [0.1, 0.15) is 11.6 Å². The van der Waals surface area contributed by atoms with Gasteiger partial charge in [-0.05, 0) is 37.6 Å². The van der Waals surface area contributed by atoms with E-state index in [0.29, 0.717) is 23.6 Å². The zero-order valence-electron chi connectivity index (χ0n) is 17.2. The molecule has 0 spiro atoms. The second kappa shape index (κ2) is 11.6. The highest BCUT2D eigenvalue weighted by Gasteiger charge is 2.25. The molecule has 1 saturated heterocycles. The maximum Gasteiger partial charge on any atom is 0.191 e. The normalized spacial score (nSPS) is 15.9. The smallest absolute Gasteiger partial charge is 0.191 e. The van der Waals surface area contributed by atoms with Gasteiger partial charge in [0.15, 0.2) is 5.96 Å². The van der Waals surface area contributed by atoms with Crippen molar-refractivity contribution in [2.75, 3.05) is 31.6 Å². The predicted octanol–water partition coefficient (Wildman–Crippen LogP) is 3.66. The van der Waals surface area contributed by atoms with E-state index in [1.54, 1.807) is 19.2 Å². The molecular formula is C22H27FIN5O. The molecule has 2 N–H and O–H groups in total. The first-order valence-corrected chi connectivity index (χ1v) is 9.76. The van der Waals surface area contributed by atoms with E-state index >= 15 is 0 Å². The quantitative estimate of drug-likeness (QED) is 0.344. The first-order valence-electron chi connectivity index (χ1n) is 9.76. The third-order valence-electron chi connectivity index (χ3n) is 4.89. The minimum Gasteiger partial charge on any atom is -0.495 e. The highest BCUT2D eigenvalue weighted by molar-refractivity contribution is 14.0. The summed E-state index contributed by atoms with van der Waals surface area (Å²) >= 11 is 0. The Labute approximate surface area is 194 Å². The number of para-hydroxylation sites is 2. The number of rotatable bonds is 6. The van der Waals surface area contributed by atoms with Gasteiger partial charge in [0, 0.05) is 31.2 Å². The maximum absolute atomic E-state index is 14.1. The minimum absolute atomic E-state index is 0. The van der Waals surface area contributed by atoms with Gasteiger partial charge in [0.05, 0.1) is 31.0 Å². The summed E-state index contributed by atoms with van der Waals surface area (Å²) < 4.78 is 19.6. The summed E-state index contributed by atoms with van der Waals surface area (Å²) in [6.07, 6.45) is 0.966. The number of halogens is 2. The predicted molar refractivity (Wildman–Crippen MR) is 128 cm³/mol. The second-order valence-electron chi connectivity index (χ2n) is 6.86. The molecule has 1 unspecified atom stereocenters. The molecule has 2 aromatic rings. The van der Waals surface area contributed by atoms with Crippen LogP contribution >= 0.6 is 24.0 Å². The fraction of sp³-hybridized carbons (Fsp3) is 0.364. The van der Waals surface area contributed by atoms with Crippen LogP contribution in [0, 0.1) is 17.1 Å². The minimum atomic E-state index is -0.410. The molecule has 0 amide bonds. The summed E-state index contributed by atoms with van der Waals surface area (Å²) in [5.41, 5.74) is 1.85. The summed E-state index contributed by atoms with van der Waals surface area (Å²) in [5.74, 6) is 1.11. The van der Waals surface area contributed by atoms with Gasteiger partial charge in [0.2, 0.25) is 0 Å². The molecule has 30 heavy (non-hydrogen) atoms. The van der Waals surface area contributed by atoms with Gasteiger partial charge >= 0.3 is 0 Å². The van der Waals surface area contributed by atoms with Crippen LogP contribution in [0.3, 0.4) is 0 Å². The Hall–Kier alpha value is -2.54. The lowest BCUT2D eigenvalue weighted by molar-refractivity contribution is 0.415. The molecule has 1 atom stereocenters. The van der Waals surface area contributed by atoms with E-state index in [4.69, 9.17) is 10.00 Å². The molecule has 8 heteroatoms. The average molecular weight is 523 g/mol. The number of anilines is 1. The van der Waals surface area contributed by atoms with Crippen molar-refractivity contribution in [2.45, 2.75) is 25.9 Å². The Kier molecular flexibility index (Phi) is 9.17. The van der Waals surface area contributed by atoms with E-state index < -0.39 is 5.82 Å². The lowest BCUT2D eigenvalue weighted by Gasteiger charge is -2.22. The number of nitriles is 1. The van der Waals surface area contributed by atoms with E-state index in [2.05, 4.69) is 26.6 Å². The van der Waals surface area contributed by atoms with Crippen LogP contribution in [0.25, 0.3) is 0 Å². The molecule has 160 valence electrons. The number of guanidine groups is 1. The van der Waals surface area contributed by atoms with Gasteiger partial charge in [0.25, 0.3) is 0 Å². The first kappa shape index (κ1) is 23.7. The Balaban J connectivity index is 0.00000320. The lowest BCUT2D eigenvalue weighted by atomic mass is 10.1. The van der Waals surface area contributed by atoms with Crippen molar-refractivity contribution in [2.24, 2.45) is 4.99 Å². The number of benzene rings is 2. The molecule has 1 aliphatic rings. The molecule has 0 aromatic heterocycles. The third kappa shape index (κ3) is 5.98. The summed E-state index contributed by atoms with van der Waals surface area (Å²) in [4.78, 5) is 6.82. The van der Waals surface area contributed by atoms with Gasteiger partial charge < -0.3 is 20.3 Å². The third-order valence-corrected chi connectivity index (χ3v) is 4.89. The van der Waals surface area contributed by atoms with Crippen molar-refractivity contribution in [3.63, 3.8) is 0 Å². The molecule has 0 aliphatic carbocycles. The number of hydrogen-bond donors (Lipinski definition) is 2. The highest BCUT2D eigenvalue weighted by Crippen LogP contribution is 2.30. The second-order valence-corrected chi connectivity index (χ2v) is 6.86. The maximum atomic E-state index is 14.1. The lowest BCUT2D eigenvalue weighted by Crippen LogP contribution is -2.44. The fourth-order valence-corrected chi connectivity index (χ4v) is 3.41. The molecule has 0 bridgehead atoms. The molecule has 0 saturated carbocycles. The summed E-state index contributed by atoms with van der Waals surface area (Å²) in [6.45, 7) is 4.66. The van der Waals surface area contributed by atoms with E-state index in [0.717, 1.165) is 30.9 Å². The van der Waals surface area contributed by atoms with Crippen LogP contribution in [0.2, 0.25) is 0 Å². The van der Waals surface area contributed by atoms with Crippen LogP contribution in [0.4, 0.5) is 10.1 Å². The van der Waals surface area contributed by atoms with Gasteiger partial charge in [-0.25, -0.2) is 9.38 Å². The number of nitrogens with one attached hydrogen (secondary N) is 2. The molecule has 2 aromatic carbocycles. The number of aliphatic imine (C=N–C) groups is 1. The molecule has 0 radical (unpaired) electrons. The molecule has 1 aliphatic heterocycles. The van der Waals surface area contributed by atoms with Crippen LogP contribution in [0.15, 0.2) is 47.5 Å². The number of hydrogen-bond acceptors (Lipinski definition) is 4. The van der Waals surface area contributed by atoms with Crippen molar-refractivity contribution >= 4 is 35.6 Å². The number of nitrogens with zero attached hydrogens (tertiary/aromatic N) is 3. The Morgan fingerprint density at radius 1 is 1.33 bits per heavy atom. The first-order chi connectivity index (χ1) is 14.1. The largest absolute Gasteiger partial charge is 0.495 e. The number of ether oxygens (including phenoxy) is 1. The van der Waals surface area contributed by atoms with E-state index in [-0.39, 0.29) is 36.6 Å². The van der Waals surface area contributed by atoms with Gasteiger partial charge in [-0.2, -0.15) is 5.26 Å². The Morgan fingerprint density at radius 2 is 2.13 bits per heavy atom. The SMILES string of the molecule is CCNC(=NCc1ccc(C#N)cc1F)NC1CCN(c2ccccc2OC)C1.I. The van der Waals surface area contributed by atoms with Crippen molar-refractivity contribution in [1.29, 1.82) is 5.26 Å². The molecule has 3 rings (SSSR count). The summed E-state index contributed by atoms with van der Waals surface area (Å²) in [7, 11) is 1.68. The molecular weight excluding hydrogens is 496 g/mol. The standard InChI is InChI=1S/C22H26FN5O.HI/c1-3-25-22(26-14-17-9-8-16(13-24)12-19(17)23)27-18-10-11-28(15-18)20-6-4-5-7-21(20)29-2;/h4-9,12,18H,3,10-11,14-15H2,1-2H3,(H2,25,26,27);1H. The molecule has 1 fully saturated rings. The van der Waals surface area contributed by atoms with E-state index in [1.165, 1.54) is 6.07 Å². The van der Waals surface area contributed by atoms with E-state index in [9.17, 15) is 4.39 Å². The van der Waals surface area contributed by atoms with Crippen LogP contribution in [0.5, 0.6) is 5.75 Å². The number of methoxy groups -OCH3 is 1. The van der Waals surface area contributed by atoms with Gasteiger partial charge in [-0.3, -0.25) is 0 Å². The monoisotopic (exact) mass is 523 g/mol. The van der Waals surface area contributed by atoms with Crippen molar-refractivity contribution in [3.05, 3.63) is 59.4 Å². The molecule has 6 nitrogen and oxygen atoms in total. The van der Waals surface area contributed by atoms with Crippen molar-refractivity contribution in [1.82, 2.24) is 10.6 Å². The topological polar surface area (TPSA) is 72.7 Å². The summed E-state index contributed by atoms with van der Waals surface area (Å²) in [6, 6.07) is 14.6. The molecule has 1 heterocycles. The van der Waals surface area contributed by atoms with Crippen LogP contribution in [0.1, 0.15) is 24.5 Å². The van der Waals surface area contributed by atoms with Gasteiger partial charge in [-0.1, -0.05) is 18.2 Å². The van der Waals surface area contributed by atoms with Crippen LogP contribution in [-0.4, -0.2) is 38.7 Å². The van der Waals surface area contributed by atoms with E-state index in [1.807, 2.05) is 31.2 Å². The van der Waals surface area contributed by atoms with Crippen LogP contribution < -0.4 is 20.3 Å². The van der Waals surface area contributed by atoms with Crippen molar-refractivity contribution in [3.8, 4) is 11.8 Å². The Morgan fingerprint density at radius 3 is 2.83 bits per heavy atom. The highest BCUT2D eigenvalue weighted by atomic mass is 127. The summed E-state index contributed by atoms with van der Waals surface area (Å²) in [5, 5.41) is 15.5. The zero-order valence-corrected chi connectivity index (χ0v) is 19.5. The average Bonchev–Trinajstić information content (AvgIpc) is 3.21. The van der Waals surface area contributed by atoms with Gasteiger partial charge in [-0.15, -0.1) is 24.0 Å². The fourth-order valence-electron chi connectivity index (χ4n) is 3.41. The van der Waals surface area contributed by atoms with Crippen molar-refractivity contribution < 1.29 is 9.13 Å². The van der Waals surface area contributed by atoms with Crippen LogP contribution in [-0.2, 0) is 6.54 Å². The Bertz CT molecular complexity index is 915. The zero-order chi connectivity index (χ0) is 20.6.